The SMILES string of the molecule is O=C(c1cc(F)ccc1F)C1CCN(C(=O)c2ccc(-c3cccc(C(F)(F)F)c3)o2)CC1. The van der Waals surface area contributed by atoms with E-state index in [9.17, 15) is 31.5 Å². The van der Waals surface area contributed by atoms with Gasteiger partial charge < -0.3 is 9.32 Å². The molecule has 2 aromatic carbocycles. The Hall–Kier alpha value is -3.49. The van der Waals surface area contributed by atoms with Gasteiger partial charge in [-0.05, 0) is 55.3 Å². The summed E-state index contributed by atoms with van der Waals surface area (Å²) in [5, 5.41) is 0. The van der Waals surface area contributed by atoms with Crippen LogP contribution in [-0.2, 0) is 6.18 Å². The molecule has 0 saturated carbocycles. The Morgan fingerprint density at radius 2 is 1.67 bits per heavy atom. The number of hydrogen-bond donors (Lipinski definition) is 0. The zero-order valence-corrected chi connectivity index (χ0v) is 17.2. The number of Topliss-reactive ketones (excluding diaryl/α,β-unsaturated/α-hetero) is 1. The van der Waals surface area contributed by atoms with Crippen LogP contribution in [-0.4, -0.2) is 29.7 Å². The molecule has 172 valence electrons. The molecule has 0 bridgehead atoms. The summed E-state index contributed by atoms with van der Waals surface area (Å²) in [4.78, 5) is 26.8. The molecule has 1 aliphatic rings. The number of nitrogens with zero attached hydrogens (tertiary/aromatic N) is 1. The lowest BCUT2D eigenvalue weighted by atomic mass is 9.88. The molecule has 1 saturated heterocycles. The Balaban J connectivity index is 1.42. The molecule has 0 aliphatic carbocycles. The van der Waals surface area contributed by atoms with Crippen molar-refractivity contribution in [2.75, 3.05) is 13.1 Å². The van der Waals surface area contributed by atoms with E-state index in [1.54, 1.807) is 0 Å². The maximum atomic E-state index is 13.9. The molecule has 0 atom stereocenters. The fraction of sp³-hybridized carbons (Fsp3) is 0.250. The minimum atomic E-state index is -4.50. The lowest BCUT2D eigenvalue weighted by molar-refractivity contribution is -0.137. The van der Waals surface area contributed by atoms with E-state index in [0.29, 0.717) is 0 Å². The molecule has 33 heavy (non-hydrogen) atoms. The number of hydrogen-bond acceptors (Lipinski definition) is 3. The first-order valence-corrected chi connectivity index (χ1v) is 10.2. The standard InChI is InChI=1S/C24H18F5NO3/c25-17-4-5-19(26)18(13-17)22(31)14-8-10-30(11-9-14)23(32)21-7-6-20(33-21)15-2-1-3-16(12-15)24(27,28)29/h1-7,12-14H,8-11H2. The van der Waals surface area contributed by atoms with Gasteiger partial charge in [-0.3, -0.25) is 9.59 Å². The first-order valence-electron chi connectivity index (χ1n) is 10.2. The first-order chi connectivity index (χ1) is 15.6. The van der Waals surface area contributed by atoms with Crippen LogP contribution < -0.4 is 0 Å². The summed E-state index contributed by atoms with van der Waals surface area (Å²) >= 11 is 0. The number of piperidine rings is 1. The van der Waals surface area contributed by atoms with E-state index >= 15 is 0 Å². The average Bonchev–Trinajstić information content (AvgIpc) is 3.30. The highest BCUT2D eigenvalue weighted by Gasteiger charge is 2.32. The molecule has 9 heteroatoms. The molecule has 3 aromatic rings. The van der Waals surface area contributed by atoms with Crippen molar-refractivity contribution in [2.24, 2.45) is 5.92 Å². The van der Waals surface area contributed by atoms with Crippen molar-refractivity contribution in [3.63, 3.8) is 0 Å². The largest absolute Gasteiger partial charge is 0.451 e. The molecule has 4 nitrogen and oxygen atoms in total. The summed E-state index contributed by atoms with van der Waals surface area (Å²) in [6, 6.07) is 10.1. The van der Waals surface area contributed by atoms with E-state index in [1.165, 1.54) is 29.2 Å². The van der Waals surface area contributed by atoms with Gasteiger partial charge in [0.1, 0.15) is 17.4 Å². The molecular formula is C24H18F5NO3. The van der Waals surface area contributed by atoms with Crippen molar-refractivity contribution >= 4 is 11.7 Å². The predicted molar refractivity (Wildman–Crippen MR) is 108 cm³/mol. The van der Waals surface area contributed by atoms with Gasteiger partial charge in [-0.2, -0.15) is 13.2 Å². The molecule has 1 amide bonds. The van der Waals surface area contributed by atoms with Crippen LogP contribution in [0, 0.1) is 17.6 Å². The van der Waals surface area contributed by atoms with Gasteiger partial charge in [-0.15, -0.1) is 0 Å². The molecule has 0 spiro atoms. The van der Waals surface area contributed by atoms with Crippen LogP contribution in [0.15, 0.2) is 59.0 Å². The number of amides is 1. The predicted octanol–water partition coefficient (Wildman–Crippen LogP) is 5.98. The Morgan fingerprint density at radius 1 is 0.939 bits per heavy atom. The molecule has 4 rings (SSSR count). The van der Waals surface area contributed by atoms with Crippen molar-refractivity contribution in [3.8, 4) is 11.3 Å². The summed E-state index contributed by atoms with van der Waals surface area (Å²) in [5.74, 6) is -2.94. The molecule has 1 aliphatic heterocycles. The monoisotopic (exact) mass is 463 g/mol. The van der Waals surface area contributed by atoms with E-state index in [-0.39, 0.29) is 48.6 Å². The Morgan fingerprint density at radius 3 is 2.36 bits per heavy atom. The van der Waals surface area contributed by atoms with Gasteiger partial charge in [0.05, 0.1) is 11.1 Å². The number of halogens is 5. The lowest BCUT2D eigenvalue weighted by Gasteiger charge is -2.30. The summed E-state index contributed by atoms with van der Waals surface area (Å²) in [6.07, 6.45) is -3.97. The Kier molecular flexibility index (Phi) is 6.05. The van der Waals surface area contributed by atoms with Gasteiger partial charge in [0.25, 0.3) is 5.91 Å². The van der Waals surface area contributed by atoms with Crippen LogP contribution in [0.4, 0.5) is 22.0 Å². The van der Waals surface area contributed by atoms with Crippen LogP contribution in [0.5, 0.6) is 0 Å². The summed E-state index contributed by atoms with van der Waals surface area (Å²) in [7, 11) is 0. The maximum absolute atomic E-state index is 13.9. The van der Waals surface area contributed by atoms with Gasteiger partial charge >= 0.3 is 6.18 Å². The van der Waals surface area contributed by atoms with E-state index in [1.807, 2.05) is 0 Å². The van der Waals surface area contributed by atoms with Gasteiger partial charge in [0.15, 0.2) is 11.5 Å². The third-order valence-electron chi connectivity index (χ3n) is 5.64. The van der Waals surface area contributed by atoms with E-state index < -0.39 is 41.0 Å². The van der Waals surface area contributed by atoms with Gasteiger partial charge in [-0.25, -0.2) is 8.78 Å². The minimum Gasteiger partial charge on any atom is -0.451 e. The average molecular weight is 463 g/mol. The maximum Gasteiger partial charge on any atom is 0.416 e. The Labute approximate surface area is 185 Å². The van der Waals surface area contributed by atoms with Crippen molar-refractivity contribution < 1.29 is 36.0 Å². The Bertz CT molecular complexity index is 1190. The number of rotatable bonds is 4. The smallest absolute Gasteiger partial charge is 0.416 e. The fourth-order valence-electron chi connectivity index (χ4n) is 3.86. The second-order valence-corrected chi connectivity index (χ2v) is 7.80. The topological polar surface area (TPSA) is 50.5 Å². The van der Waals surface area contributed by atoms with Crippen molar-refractivity contribution in [1.29, 1.82) is 0 Å². The minimum absolute atomic E-state index is 0.0386. The van der Waals surface area contributed by atoms with E-state index in [0.717, 1.165) is 30.3 Å². The molecule has 1 aromatic heterocycles. The number of furan rings is 1. The van der Waals surface area contributed by atoms with Gasteiger partial charge in [0, 0.05) is 24.6 Å². The third-order valence-corrected chi connectivity index (χ3v) is 5.64. The second kappa shape index (κ2) is 8.80. The summed E-state index contributed by atoms with van der Waals surface area (Å²) < 4.78 is 71.6. The van der Waals surface area contributed by atoms with Crippen LogP contribution in [0.2, 0.25) is 0 Å². The summed E-state index contributed by atoms with van der Waals surface area (Å²) in [6.45, 7) is 0.400. The second-order valence-electron chi connectivity index (χ2n) is 7.80. The van der Waals surface area contributed by atoms with Crippen LogP contribution in [0.1, 0.15) is 39.3 Å². The molecule has 0 unspecified atom stereocenters. The number of alkyl halides is 3. The van der Waals surface area contributed by atoms with Crippen LogP contribution in [0.3, 0.4) is 0 Å². The van der Waals surface area contributed by atoms with Crippen molar-refractivity contribution in [3.05, 3.63) is 83.1 Å². The highest BCUT2D eigenvalue weighted by atomic mass is 19.4. The van der Waals surface area contributed by atoms with Crippen molar-refractivity contribution in [1.82, 2.24) is 4.90 Å². The molecule has 2 heterocycles. The fourth-order valence-corrected chi connectivity index (χ4v) is 3.86. The number of ketones is 1. The lowest BCUT2D eigenvalue weighted by Crippen LogP contribution is -2.40. The quantitative estimate of drug-likeness (QED) is 0.353. The normalized spacial score (nSPS) is 15.0. The van der Waals surface area contributed by atoms with E-state index in [4.69, 9.17) is 4.42 Å². The zero-order chi connectivity index (χ0) is 23.8. The molecule has 1 fully saturated rings. The van der Waals surface area contributed by atoms with Gasteiger partial charge in [-0.1, -0.05) is 12.1 Å². The highest BCUT2D eigenvalue weighted by Crippen LogP contribution is 2.33. The molecule has 0 radical (unpaired) electrons. The zero-order valence-electron chi connectivity index (χ0n) is 17.2. The molecule has 0 N–H and O–H groups in total. The summed E-state index contributed by atoms with van der Waals surface area (Å²) in [5.41, 5.74) is -0.951. The van der Waals surface area contributed by atoms with Crippen LogP contribution in [0.25, 0.3) is 11.3 Å². The molecular weight excluding hydrogens is 445 g/mol. The third kappa shape index (κ3) is 4.81. The number of benzene rings is 2. The number of carbonyl (C=O) groups excluding carboxylic acids is 2. The first kappa shape index (κ1) is 22.7. The highest BCUT2D eigenvalue weighted by molar-refractivity contribution is 5.98. The van der Waals surface area contributed by atoms with Crippen LogP contribution >= 0.6 is 0 Å². The van der Waals surface area contributed by atoms with Gasteiger partial charge in [0.2, 0.25) is 0 Å². The van der Waals surface area contributed by atoms with E-state index in [2.05, 4.69) is 0 Å². The van der Waals surface area contributed by atoms with Crippen molar-refractivity contribution in [2.45, 2.75) is 19.0 Å². The number of carbonyl (C=O) groups is 2. The number of likely N-dealkylation sites (tertiary alicyclic amines) is 1.